The van der Waals surface area contributed by atoms with E-state index in [0.29, 0.717) is 0 Å². The van der Waals surface area contributed by atoms with Crippen molar-refractivity contribution in [3.63, 3.8) is 0 Å². The van der Waals surface area contributed by atoms with Gasteiger partial charge in [-0.1, -0.05) is 84.9 Å². The molecule has 0 bridgehead atoms. The lowest BCUT2D eigenvalue weighted by Crippen LogP contribution is -1.90. The first-order valence-corrected chi connectivity index (χ1v) is 13.0. The Labute approximate surface area is 211 Å². The lowest BCUT2D eigenvalue weighted by atomic mass is 9.97. The van der Waals surface area contributed by atoms with Crippen LogP contribution in [0, 0.1) is 0 Å². The van der Waals surface area contributed by atoms with Crippen LogP contribution >= 0.6 is 11.3 Å². The number of nitrogens with zero attached hydrogens (tertiary/aromatic N) is 2. The van der Waals surface area contributed by atoms with Gasteiger partial charge in [0, 0.05) is 31.1 Å². The van der Waals surface area contributed by atoms with Crippen LogP contribution in [0.1, 0.15) is 0 Å². The molecule has 0 amide bonds. The Bertz CT molecular complexity index is 2110. The molecule has 0 N–H and O–H groups in total. The van der Waals surface area contributed by atoms with Gasteiger partial charge >= 0.3 is 0 Å². The van der Waals surface area contributed by atoms with Gasteiger partial charge in [0.25, 0.3) is 0 Å². The van der Waals surface area contributed by atoms with Crippen molar-refractivity contribution in [2.75, 3.05) is 0 Å². The molecule has 8 rings (SSSR count). The molecule has 8 aromatic rings. The highest BCUT2D eigenvalue weighted by Gasteiger charge is 2.17. The fourth-order valence-electron chi connectivity index (χ4n) is 5.65. The van der Waals surface area contributed by atoms with E-state index in [1.165, 1.54) is 53.3 Å². The summed E-state index contributed by atoms with van der Waals surface area (Å²) in [5, 5.41) is 3.90. The number of para-hydroxylation sites is 3. The molecule has 0 saturated heterocycles. The lowest BCUT2D eigenvalue weighted by Gasteiger charge is -2.08. The van der Waals surface area contributed by atoms with Gasteiger partial charge in [0.15, 0.2) is 0 Å². The summed E-state index contributed by atoms with van der Waals surface area (Å²) in [6.45, 7) is 0. The van der Waals surface area contributed by atoms with Crippen LogP contribution in [0.25, 0.3) is 69.9 Å². The summed E-state index contributed by atoms with van der Waals surface area (Å²) in [6.07, 6.45) is 2.02. The van der Waals surface area contributed by atoms with Gasteiger partial charge in [0.05, 0.1) is 28.3 Å². The predicted octanol–water partition coefficient (Wildman–Crippen LogP) is 9.34. The third-order valence-corrected chi connectivity index (χ3v) is 8.45. The molecule has 0 aliphatic heterocycles. The van der Waals surface area contributed by atoms with Gasteiger partial charge in [0.2, 0.25) is 0 Å². The van der Waals surface area contributed by atoms with Crippen LogP contribution in [-0.4, -0.2) is 9.38 Å². The van der Waals surface area contributed by atoms with Crippen molar-refractivity contribution in [2.45, 2.75) is 0 Å². The summed E-state index contributed by atoms with van der Waals surface area (Å²) in [6, 6.07) is 41.4. The van der Waals surface area contributed by atoms with Gasteiger partial charge in [-0.25, -0.2) is 0 Å². The number of hydrogen-bond acceptors (Lipinski definition) is 2. The molecule has 3 heterocycles. The van der Waals surface area contributed by atoms with Gasteiger partial charge in [-0.2, -0.15) is 0 Å². The van der Waals surface area contributed by atoms with Crippen molar-refractivity contribution < 1.29 is 0 Å². The summed E-state index contributed by atoms with van der Waals surface area (Å²) in [4.78, 5) is 4.82. The molecular formula is C33H20N2S. The molecule has 5 aromatic carbocycles. The summed E-state index contributed by atoms with van der Waals surface area (Å²) in [5.74, 6) is 0. The Kier molecular flexibility index (Phi) is 4.13. The Balaban J connectivity index is 1.42. The molecule has 0 radical (unpaired) electrons. The maximum absolute atomic E-state index is 4.82. The van der Waals surface area contributed by atoms with Crippen molar-refractivity contribution in [3.05, 3.63) is 121 Å². The Morgan fingerprint density at radius 3 is 2.22 bits per heavy atom. The number of benzene rings is 5. The molecule has 0 spiro atoms. The summed E-state index contributed by atoms with van der Waals surface area (Å²) < 4.78 is 5.03. The van der Waals surface area contributed by atoms with Crippen LogP contribution in [0.15, 0.2) is 121 Å². The summed E-state index contributed by atoms with van der Waals surface area (Å²) in [7, 11) is 0. The molecule has 0 aliphatic rings. The highest BCUT2D eigenvalue weighted by atomic mass is 32.1. The van der Waals surface area contributed by atoms with E-state index < -0.39 is 0 Å². The molecule has 3 aromatic heterocycles. The maximum Gasteiger partial charge on any atom is 0.0871 e. The van der Waals surface area contributed by atoms with Crippen molar-refractivity contribution in [2.24, 2.45) is 0 Å². The first kappa shape index (κ1) is 19.8. The van der Waals surface area contributed by atoms with E-state index in [1.54, 1.807) is 0 Å². The smallest absolute Gasteiger partial charge is 0.0871 e. The number of rotatable bonds is 2. The molecule has 0 fully saturated rings. The molecule has 2 nitrogen and oxygen atoms in total. The number of fused-ring (bicyclic) bond motifs is 8. The van der Waals surface area contributed by atoms with E-state index in [9.17, 15) is 0 Å². The molecular weight excluding hydrogens is 456 g/mol. The van der Waals surface area contributed by atoms with E-state index in [4.69, 9.17) is 4.98 Å². The van der Waals surface area contributed by atoms with E-state index >= 15 is 0 Å². The van der Waals surface area contributed by atoms with Crippen LogP contribution < -0.4 is 0 Å². The fraction of sp³-hybridized carbons (Fsp3) is 0. The van der Waals surface area contributed by atoms with Gasteiger partial charge in [-0.05, 0) is 47.0 Å². The largest absolute Gasteiger partial charge is 0.306 e. The third kappa shape index (κ3) is 2.75. The van der Waals surface area contributed by atoms with E-state index in [1.807, 2.05) is 23.6 Å². The zero-order chi connectivity index (χ0) is 23.6. The molecule has 0 aliphatic carbocycles. The second-order valence-electron chi connectivity index (χ2n) is 9.22. The topological polar surface area (TPSA) is 17.3 Å². The quantitative estimate of drug-likeness (QED) is 0.243. The van der Waals surface area contributed by atoms with E-state index in [-0.39, 0.29) is 0 Å². The second-order valence-corrected chi connectivity index (χ2v) is 10.3. The minimum Gasteiger partial charge on any atom is -0.306 e. The average molecular weight is 477 g/mol. The Hall–Kier alpha value is -4.47. The Morgan fingerprint density at radius 1 is 0.556 bits per heavy atom. The monoisotopic (exact) mass is 476 g/mol. The van der Waals surface area contributed by atoms with Crippen LogP contribution in [0.5, 0.6) is 0 Å². The zero-order valence-electron chi connectivity index (χ0n) is 19.3. The van der Waals surface area contributed by atoms with Gasteiger partial charge < -0.3 is 4.40 Å². The summed E-state index contributed by atoms with van der Waals surface area (Å²) >= 11 is 1.88. The third-order valence-electron chi connectivity index (χ3n) is 7.23. The van der Waals surface area contributed by atoms with E-state index in [2.05, 4.69) is 114 Å². The van der Waals surface area contributed by atoms with Gasteiger partial charge in [0.1, 0.15) is 0 Å². The van der Waals surface area contributed by atoms with Crippen LogP contribution in [0.4, 0.5) is 0 Å². The first-order valence-electron chi connectivity index (χ1n) is 12.1. The van der Waals surface area contributed by atoms with Crippen molar-refractivity contribution in [1.29, 1.82) is 0 Å². The SMILES string of the molecule is c1cc(-c2cccc3c2sc2ccccc23)cc(-c2c3ccccc3n3c2cnc2ccccc23)c1. The van der Waals surface area contributed by atoms with E-state index in [0.717, 1.165) is 16.6 Å². The molecule has 0 unspecified atom stereocenters. The van der Waals surface area contributed by atoms with Crippen molar-refractivity contribution in [1.82, 2.24) is 9.38 Å². The highest BCUT2D eigenvalue weighted by molar-refractivity contribution is 7.26. The maximum atomic E-state index is 4.82. The van der Waals surface area contributed by atoms with Crippen LogP contribution in [0.3, 0.4) is 0 Å². The zero-order valence-corrected chi connectivity index (χ0v) is 20.2. The minimum absolute atomic E-state index is 1.00. The van der Waals surface area contributed by atoms with Crippen LogP contribution in [0.2, 0.25) is 0 Å². The number of thiophene rings is 1. The fourth-order valence-corrected chi connectivity index (χ4v) is 6.89. The lowest BCUT2D eigenvalue weighted by molar-refractivity contribution is 1.27. The van der Waals surface area contributed by atoms with Gasteiger partial charge in [-0.3, -0.25) is 4.98 Å². The highest BCUT2D eigenvalue weighted by Crippen LogP contribution is 2.42. The standard InChI is InChI=1S/C33H20N2S/c1-4-16-28-26(12-1)32(30-20-34-27-15-3-5-17-29(27)35(28)30)22-10-7-9-21(19-22)23-13-8-14-25-24-11-2-6-18-31(24)36-33(23)25/h1-20H. The number of aromatic nitrogens is 2. The first-order chi connectivity index (χ1) is 17.9. The molecule has 36 heavy (non-hydrogen) atoms. The van der Waals surface area contributed by atoms with Crippen molar-refractivity contribution in [3.8, 4) is 22.3 Å². The second kappa shape index (κ2) is 7.51. The number of hydrogen-bond donors (Lipinski definition) is 0. The molecule has 168 valence electrons. The average Bonchev–Trinajstić information content (AvgIpc) is 3.49. The van der Waals surface area contributed by atoms with Crippen molar-refractivity contribution >= 4 is 59.0 Å². The molecule has 0 atom stereocenters. The predicted molar refractivity (Wildman–Crippen MR) is 154 cm³/mol. The normalized spacial score (nSPS) is 11.9. The van der Waals surface area contributed by atoms with Gasteiger partial charge in [-0.15, -0.1) is 11.3 Å². The summed E-state index contributed by atoms with van der Waals surface area (Å²) in [5.41, 5.74) is 9.43. The Morgan fingerprint density at radius 2 is 1.28 bits per heavy atom. The molecule has 0 saturated carbocycles. The molecule has 3 heteroatoms. The minimum atomic E-state index is 1.00. The van der Waals surface area contributed by atoms with Crippen LogP contribution in [-0.2, 0) is 0 Å².